The molecule has 1 heterocycles. The lowest BCUT2D eigenvalue weighted by molar-refractivity contribution is -0.900. The van der Waals surface area contributed by atoms with E-state index in [9.17, 15) is 9.59 Å². The summed E-state index contributed by atoms with van der Waals surface area (Å²) in [6.07, 6.45) is 2.46. The second-order valence-corrected chi connectivity index (χ2v) is 5.62. The van der Waals surface area contributed by atoms with Gasteiger partial charge < -0.3 is 16.0 Å². The van der Waals surface area contributed by atoms with E-state index in [0.717, 1.165) is 13.1 Å². The normalized spacial score (nSPS) is 22.2. The van der Waals surface area contributed by atoms with Crippen molar-refractivity contribution in [1.82, 2.24) is 0 Å². The van der Waals surface area contributed by atoms with Crippen LogP contribution in [0.3, 0.4) is 0 Å². The molecule has 0 aromatic heterocycles. The van der Waals surface area contributed by atoms with E-state index in [0.29, 0.717) is 23.7 Å². The lowest BCUT2D eigenvalue weighted by Gasteiger charge is -2.27. The van der Waals surface area contributed by atoms with Gasteiger partial charge in [-0.15, -0.1) is 0 Å². The second-order valence-electron chi connectivity index (χ2n) is 5.62. The van der Waals surface area contributed by atoms with Gasteiger partial charge >= 0.3 is 0 Å². The van der Waals surface area contributed by atoms with Crippen LogP contribution >= 0.6 is 0 Å². The van der Waals surface area contributed by atoms with Crippen molar-refractivity contribution in [3.8, 4) is 0 Å². The van der Waals surface area contributed by atoms with Gasteiger partial charge in [0.1, 0.15) is 0 Å². The summed E-state index contributed by atoms with van der Waals surface area (Å²) in [7, 11) is 0. The van der Waals surface area contributed by atoms with Gasteiger partial charge in [-0.05, 0) is 37.1 Å². The van der Waals surface area contributed by atoms with E-state index in [2.05, 4.69) is 12.2 Å². The number of benzene rings is 1. The maximum atomic E-state index is 12.0. The fraction of sp³-hybridized carbons (Fsp3) is 0.467. The number of amides is 2. The monoisotopic (exact) mass is 276 g/mol. The van der Waals surface area contributed by atoms with Gasteiger partial charge in [-0.2, -0.15) is 0 Å². The molecule has 5 heteroatoms. The Balaban J connectivity index is 1.86. The highest BCUT2D eigenvalue weighted by Crippen LogP contribution is 2.09. The summed E-state index contributed by atoms with van der Waals surface area (Å²) < 4.78 is 0. The minimum absolute atomic E-state index is 0.0147. The standard InChI is InChI=1S/C15H21N3O2/c1-11-3-2-8-18(9-11)10-14(19)17-13-6-4-12(5-7-13)15(16)20/h4-7,11H,2-3,8-10H2,1H3,(H2,16,20)(H,17,19)/p+1/t11-/m1/s1. The Hall–Kier alpha value is -1.88. The van der Waals surface area contributed by atoms with Crippen molar-refractivity contribution in [2.75, 3.05) is 25.0 Å². The van der Waals surface area contributed by atoms with E-state index in [1.54, 1.807) is 24.3 Å². The summed E-state index contributed by atoms with van der Waals surface area (Å²) in [5.74, 6) is 0.247. The van der Waals surface area contributed by atoms with Crippen LogP contribution < -0.4 is 16.0 Å². The van der Waals surface area contributed by atoms with Crippen LogP contribution in [-0.2, 0) is 4.79 Å². The van der Waals surface area contributed by atoms with Crippen LogP contribution in [0.15, 0.2) is 24.3 Å². The van der Waals surface area contributed by atoms with E-state index < -0.39 is 5.91 Å². The molecule has 1 aliphatic heterocycles. The van der Waals surface area contributed by atoms with Crippen molar-refractivity contribution in [3.63, 3.8) is 0 Å². The van der Waals surface area contributed by atoms with E-state index in [4.69, 9.17) is 5.73 Å². The quantitative estimate of drug-likeness (QED) is 0.726. The predicted octanol–water partition coefficient (Wildman–Crippen LogP) is 0.0388. The Morgan fingerprint density at radius 3 is 2.65 bits per heavy atom. The highest BCUT2D eigenvalue weighted by molar-refractivity contribution is 5.95. The van der Waals surface area contributed by atoms with Gasteiger partial charge in [-0.25, -0.2) is 0 Å². The van der Waals surface area contributed by atoms with Gasteiger partial charge in [-0.3, -0.25) is 9.59 Å². The van der Waals surface area contributed by atoms with Crippen LogP contribution in [-0.4, -0.2) is 31.4 Å². The van der Waals surface area contributed by atoms with Gasteiger partial charge in [-0.1, -0.05) is 6.92 Å². The van der Waals surface area contributed by atoms with Gasteiger partial charge in [0, 0.05) is 17.2 Å². The Kier molecular flexibility index (Phi) is 4.74. The Bertz CT molecular complexity index is 484. The summed E-state index contributed by atoms with van der Waals surface area (Å²) in [4.78, 5) is 24.3. The first-order valence-corrected chi connectivity index (χ1v) is 7.08. The molecule has 2 atom stereocenters. The molecule has 0 bridgehead atoms. The van der Waals surface area contributed by atoms with Crippen LogP contribution in [0.1, 0.15) is 30.1 Å². The molecule has 2 rings (SSSR count). The van der Waals surface area contributed by atoms with E-state index in [-0.39, 0.29) is 5.91 Å². The molecule has 2 amide bonds. The molecule has 0 saturated carbocycles. The number of hydrogen-bond donors (Lipinski definition) is 3. The van der Waals surface area contributed by atoms with Gasteiger partial charge in [0.2, 0.25) is 5.91 Å². The third-order valence-corrected chi connectivity index (χ3v) is 3.73. The zero-order valence-electron chi connectivity index (χ0n) is 11.8. The largest absolute Gasteiger partial charge is 0.366 e. The highest BCUT2D eigenvalue weighted by atomic mass is 16.2. The highest BCUT2D eigenvalue weighted by Gasteiger charge is 2.21. The lowest BCUT2D eigenvalue weighted by atomic mass is 10.0. The fourth-order valence-corrected chi connectivity index (χ4v) is 2.71. The van der Waals surface area contributed by atoms with Crippen LogP contribution in [0, 0.1) is 5.92 Å². The number of nitrogens with one attached hydrogen (secondary N) is 2. The zero-order valence-corrected chi connectivity index (χ0v) is 11.8. The minimum Gasteiger partial charge on any atom is -0.366 e. The van der Waals surface area contributed by atoms with Crippen LogP contribution in [0.5, 0.6) is 0 Å². The number of piperidine rings is 1. The SMILES string of the molecule is C[C@@H]1CCC[NH+](CC(=O)Nc2ccc(C(N)=O)cc2)C1. The molecule has 1 saturated heterocycles. The summed E-state index contributed by atoms with van der Waals surface area (Å²) in [6, 6.07) is 6.64. The van der Waals surface area contributed by atoms with E-state index in [1.807, 2.05) is 0 Å². The van der Waals surface area contributed by atoms with Gasteiger partial charge in [0.05, 0.1) is 13.1 Å². The van der Waals surface area contributed by atoms with E-state index >= 15 is 0 Å². The Morgan fingerprint density at radius 1 is 1.35 bits per heavy atom. The van der Waals surface area contributed by atoms with Crippen molar-refractivity contribution >= 4 is 17.5 Å². The molecule has 1 aliphatic rings. The smallest absolute Gasteiger partial charge is 0.279 e. The van der Waals surface area contributed by atoms with Crippen molar-refractivity contribution in [2.24, 2.45) is 11.7 Å². The molecule has 0 aliphatic carbocycles. The van der Waals surface area contributed by atoms with Gasteiger partial charge in [0.25, 0.3) is 5.91 Å². The minimum atomic E-state index is -0.463. The van der Waals surface area contributed by atoms with E-state index in [1.165, 1.54) is 17.7 Å². The summed E-state index contributed by atoms with van der Waals surface area (Å²) in [5, 5.41) is 2.86. The summed E-state index contributed by atoms with van der Waals surface area (Å²) in [6.45, 7) is 4.87. The molecule has 1 aromatic rings. The topological polar surface area (TPSA) is 76.6 Å². The predicted molar refractivity (Wildman–Crippen MR) is 77.6 cm³/mol. The molecule has 108 valence electrons. The molecule has 1 fully saturated rings. The molecule has 1 aromatic carbocycles. The molecule has 0 radical (unpaired) electrons. The molecule has 0 spiro atoms. The molecular weight excluding hydrogens is 254 g/mol. The number of primary amides is 1. The zero-order chi connectivity index (χ0) is 14.5. The average Bonchev–Trinajstić information content (AvgIpc) is 2.39. The maximum absolute atomic E-state index is 12.0. The third-order valence-electron chi connectivity index (χ3n) is 3.73. The number of carbonyl (C=O) groups is 2. The molecule has 4 N–H and O–H groups in total. The molecule has 1 unspecified atom stereocenters. The molecule has 20 heavy (non-hydrogen) atoms. The van der Waals surface area contributed by atoms with Gasteiger partial charge in [0.15, 0.2) is 6.54 Å². The number of carbonyl (C=O) groups excluding carboxylic acids is 2. The Morgan fingerprint density at radius 2 is 2.05 bits per heavy atom. The fourth-order valence-electron chi connectivity index (χ4n) is 2.71. The van der Waals surface area contributed by atoms with Crippen molar-refractivity contribution in [1.29, 1.82) is 0 Å². The first-order valence-electron chi connectivity index (χ1n) is 7.08. The van der Waals surface area contributed by atoms with Crippen LogP contribution in [0.25, 0.3) is 0 Å². The Labute approximate surface area is 119 Å². The first-order chi connectivity index (χ1) is 9.54. The number of likely N-dealkylation sites (tertiary alicyclic amines) is 1. The number of anilines is 1. The lowest BCUT2D eigenvalue weighted by Crippen LogP contribution is -3.14. The number of rotatable bonds is 4. The van der Waals surface area contributed by atoms with Crippen molar-refractivity contribution in [2.45, 2.75) is 19.8 Å². The molecular formula is C15H22N3O2+. The first kappa shape index (κ1) is 14.5. The number of nitrogens with two attached hydrogens (primary N) is 1. The number of hydrogen-bond acceptors (Lipinski definition) is 2. The molecule has 5 nitrogen and oxygen atoms in total. The van der Waals surface area contributed by atoms with Crippen LogP contribution in [0.2, 0.25) is 0 Å². The third kappa shape index (κ3) is 4.06. The number of quaternary nitrogens is 1. The van der Waals surface area contributed by atoms with Crippen LogP contribution in [0.4, 0.5) is 5.69 Å². The van der Waals surface area contributed by atoms with Crippen molar-refractivity contribution < 1.29 is 14.5 Å². The average molecular weight is 276 g/mol. The summed E-state index contributed by atoms with van der Waals surface area (Å²) >= 11 is 0. The van der Waals surface area contributed by atoms with Crippen molar-refractivity contribution in [3.05, 3.63) is 29.8 Å². The summed E-state index contributed by atoms with van der Waals surface area (Å²) in [5.41, 5.74) is 6.31. The maximum Gasteiger partial charge on any atom is 0.279 e. The second kappa shape index (κ2) is 6.52.